The van der Waals surface area contributed by atoms with E-state index >= 15 is 0 Å². The van der Waals surface area contributed by atoms with Crippen LogP contribution in [0.25, 0.3) is 0 Å². The molecule has 0 aliphatic carbocycles. The number of amides is 2. The van der Waals surface area contributed by atoms with E-state index in [1.54, 1.807) is 0 Å². The topological polar surface area (TPSA) is 92.7 Å². The molecule has 2 heterocycles. The summed E-state index contributed by atoms with van der Waals surface area (Å²) in [4.78, 5) is 29.1. The Labute approximate surface area is 93.3 Å². The molecule has 2 amide bonds. The lowest BCUT2D eigenvalue weighted by Crippen LogP contribution is -2.19. The van der Waals surface area contributed by atoms with Gasteiger partial charge in [-0.15, -0.1) is 0 Å². The first-order valence-corrected chi connectivity index (χ1v) is 4.82. The molecule has 90 valence electrons. The third kappa shape index (κ3) is 10.4. The molecule has 0 spiro atoms. The van der Waals surface area contributed by atoms with Crippen LogP contribution in [-0.2, 0) is 19.1 Å². The Morgan fingerprint density at radius 2 is 1.62 bits per heavy atom. The van der Waals surface area contributed by atoms with Crippen LogP contribution in [0.1, 0.15) is 19.8 Å². The molecule has 2 aliphatic heterocycles. The average molecular weight is 229 g/mol. The fourth-order valence-electron chi connectivity index (χ4n) is 0.866. The van der Waals surface area contributed by atoms with Crippen molar-refractivity contribution in [1.82, 2.24) is 5.32 Å². The van der Waals surface area contributed by atoms with Gasteiger partial charge in [-0.2, -0.15) is 0 Å². The van der Waals surface area contributed by atoms with Crippen molar-refractivity contribution in [2.75, 3.05) is 13.2 Å². The Morgan fingerprint density at radius 3 is 1.75 bits per heavy atom. The van der Waals surface area contributed by atoms with Crippen molar-refractivity contribution in [2.24, 2.45) is 0 Å². The molecule has 0 radical (unpaired) electrons. The van der Waals surface area contributed by atoms with Crippen molar-refractivity contribution >= 4 is 17.8 Å². The minimum atomic E-state index is -0.833. The standard InChI is InChI=1S/C4H3NO2.C4H8O.C2H4O2/c6-3-1-2-4(7)5-3;1-2-4-5-3-1;1-2(3)4/h1-2H,(H,5,6,7);1-4H2;1H3,(H,3,4). The van der Waals surface area contributed by atoms with Gasteiger partial charge in [0.25, 0.3) is 17.8 Å². The van der Waals surface area contributed by atoms with E-state index < -0.39 is 5.97 Å². The first-order valence-electron chi connectivity index (χ1n) is 4.82. The van der Waals surface area contributed by atoms with E-state index in [9.17, 15) is 9.59 Å². The molecule has 1 saturated heterocycles. The maximum absolute atomic E-state index is 10.0. The fraction of sp³-hybridized carbons (Fsp3) is 0.500. The number of hydrogen-bond donors (Lipinski definition) is 2. The van der Waals surface area contributed by atoms with Gasteiger partial charge in [0.05, 0.1) is 0 Å². The predicted molar refractivity (Wildman–Crippen MR) is 55.7 cm³/mol. The first kappa shape index (κ1) is 14.3. The summed E-state index contributed by atoms with van der Waals surface area (Å²) >= 11 is 0. The van der Waals surface area contributed by atoms with Gasteiger partial charge < -0.3 is 9.84 Å². The van der Waals surface area contributed by atoms with Crippen molar-refractivity contribution in [2.45, 2.75) is 19.8 Å². The van der Waals surface area contributed by atoms with Gasteiger partial charge in [0.2, 0.25) is 0 Å². The van der Waals surface area contributed by atoms with Gasteiger partial charge in [-0.25, -0.2) is 0 Å². The molecule has 0 unspecified atom stereocenters. The number of carbonyl (C=O) groups is 3. The van der Waals surface area contributed by atoms with Crippen LogP contribution in [0.4, 0.5) is 0 Å². The molecule has 16 heavy (non-hydrogen) atoms. The van der Waals surface area contributed by atoms with Crippen molar-refractivity contribution in [3.8, 4) is 0 Å². The number of aliphatic carboxylic acids is 1. The Morgan fingerprint density at radius 1 is 1.25 bits per heavy atom. The Balaban J connectivity index is 0.000000222. The van der Waals surface area contributed by atoms with Crippen LogP contribution in [-0.4, -0.2) is 36.1 Å². The van der Waals surface area contributed by atoms with E-state index in [1.165, 1.54) is 25.0 Å². The largest absolute Gasteiger partial charge is 0.481 e. The van der Waals surface area contributed by atoms with Gasteiger partial charge in [-0.3, -0.25) is 19.7 Å². The fourth-order valence-corrected chi connectivity index (χ4v) is 0.866. The number of carbonyl (C=O) groups excluding carboxylic acids is 2. The molecule has 2 N–H and O–H groups in total. The molecule has 6 nitrogen and oxygen atoms in total. The molecule has 0 aromatic rings. The molecule has 0 aromatic carbocycles. The van der Waals surface area contributed by atoms with Crippen LogP contribution in [0.3, 0.4) is 0 Å². The van der Waals surface area contributed by atoms with Gasteiger partial charge in [-0.1, -0.05) is 0 Å². The average Bonchev–Trinajstić information content (AvgIpc) is 2.78. The third-order valence-electron chi connectivity index (χ3n) is 1.46. The molecule has 0 aromatic heterocycles. The highest BCUT2D eigenvalue weighted by Gasteiger charge is 2.06. The number of rotatable bonds is 0. The molecule has 0 bridgehead atoms. The minimum Gasteiger partial charge on any atom is -0.481 e. The van der Waals surface area contributed by atoms with E-state index in [2.05, 4.69) is 0 Å². The van der Waals surface area contributed by atoms with Crippen molar-refractivity contribution < 1.29 is 24.2 Å². The summed E-state index contributed by atoms with van der Waals surface area (Å²) in [5.74, 6) is -1.49. The summed E-state index contributed by atoms with van der Waals surface area (Å²) in [6, 6.07) is 0. The summed E-state index contributed by atoms with van der Waals surface area (Å²) in [7, 11) is 0. The van der Waals surface area contributed by atoms with Crippen molar-refractivity contribution in [3.63, 3.8) is 0 Å². The van der Waals surface area contributed by atoms with Crippen LogP contribution in [0.2, 0.25) is 0 Å². The SMILES string of the molecule is C1CCOC1.CC(=O)O.O=C1C=CC(=O)N1. The minimum absolute atomic E-state index is 0.329. The third-order valence-corrected chi connectivity index (χ3v) is 1.46. The number of hydrogen-bond acceptors (Lipinski definition) is 4. The number of nitrogens with one attached hydrogen (secondary N) is 1. The quantitative estimate of drug-likeness (QED) is 0.574. The summed E-state index contributed by atoms with van der Waals surface area (Å²) in [6.45, 7) is 3.08. The Kier molecular flexibility index (Phi) is 7.70. The van der Waals surface area contributed by atoms with E-state index in [-0.39, 0.29) is 11.8 Å². The van der Waals surface area contributed by atoms with E-state index in [0.717, 1.165) is 20.1 Å². The number of ether oxygens (including phenoxy) is 1. The first-order chi connectivity index (χ1) is 7.52. The van der Waals surface area contributed by atoms with E-state index in [1.807, 2.05) is 5.32 Å². The Bertz CT molecular complexity index is 253. The molecular formula is C10H15NO5. The van der Waals surface area contributed by atoms with Gasteiger partial charge in [-0.05, 0) is 12.8 Å². The maximum atomic E-state index is 10.0. The lowest BCUT2D eigenvalue weighted by atomic mass is 10.4. The zero-order chi connectivity index (χ0) is 12.4. The summed E-state index contributed by atoms with van der Waals surface area (Å²) in [5, 5.41) is 9.44. The van der Waals surface area contributed by atoms with Crippen molar-refractivity contribution in [1.29, 1.82) is 0 Å². The molecule has 0 atom stereocenters. The number of carboxylic acids is 1. The lowest BCUT2D eigenvalue weighted by molar-refractivity contribution is -0.134. The summed E-state index contributed by atoms with van der Waals surface area (Å²) in [5.41, 5.74) is 0. The smallest absolute Gasteiger partial charge is 0.300 e. The normalized spacial score (nSPS) is 16.8. The summed E-state index contributed by atoms with van der Waals surface area (Å²) in [6.07, 6.45) is 4.95. The molecule has 2 aliphatic rings. The van der Waals surface area contributed by atoms with E-state index in [0.29, 0.717) is 0 Å². The van der Waals surface area contributed by atoms with Crippen LogP contribution in [0, 0.1) is 0 Å². The molecule has 2 rings (SSSR count). The van der Waals surface area contributed by atoms with Gasteiger partial charge in [0.1, 0.15) is 0 Å². The predicted octanol–water partition coefficient (Wildman–Crippen LogP) is 0.0867. The Hall–Kier alpha value is -1.69. The van der Waals surface area contributed by atoms with Crippen LogP contribution < -0.4 is 5.32 Å². The lowest BCUT2D eigenvalue weighted by Gasteiger charge is -1.80. The second-order valence-corrected chi connectivity index (χ2v) is 3.03. The monoisotopic (exact) mass is 229 g/mol. The maximum Gasteiger partial charge on any atom is 0.300 e. The highest BCUT2D eigenvalue weighted by atomic mass is 16.5. The van der Waals surface area contributed by atoms with Gasteiger partial charge in [0, 0.05) is 32.3 Å². The molecule has 0 saturated carbocycles. The van der Waals surface area contributed by atoms with Crippen LogP contribution in [0.5, 0.6) is 0 Å². The highest BCUT2D eigenvalue weighted by molar-refractivity contribution is 6.12. The highest BCUT2D eigenvalue weighted by Crippen LogP contribution is 1.98. The van der Waals surface area contributed by atoms with Crippen LogP contribution >= 0.6 is 0 Å². The van der Waals surface area contributed by atoms with Gasteiger partial charge in [0.15, 0.2) is 0 Å². The van der Waals surface area contributed by atoms with Crippen molar-refractivity contribution in [3.05, 3.63) is 12.2 Å². The van der Waals surface area contributed by atoms with E-state index in [4.69, 9.17) is 14.6 Å². The zero-order valence-electron chi connectivity index (χ0n) is 9.06. The van der Waals surface area contributed by atoms with Gasteiger partial charge >= 0.3 is 0 Å². The molecular weight excluding hydrogens is 214 g/mol. The second kappa shape index (κ2) is 8.60. The zero-order valence-corrected chi connectivity index (χ0v) is 9.06. The summed E-state index contributed by atoms with van der Waals surface area (Å²) < 4.78 is 4.94. The molecule has 6 heteroatoms. The second-order valence-electron chi connectivity index (χ2n) is 3.03. The van der Waals surface area contributed by atoms with Crippen LogP contribution in [0.15, 0.2) is 12.2 Å². The molecule has 1 fully saturated rings. The number of carboxylic acid groups (broad SMARTS) is 1. The number of imide groups is 1.